The first kappa shape index (κ1) is 18.2. The number of hydrogen-bond acceptors (Lipinski definition) is 5. The van der Waals surface area contributed by atoms with Crippen molar-refractivity contribution in [1.29, 1.82) is 0 Å². The topological polar surface area (TPSA) is 80.5 Å². The van der Waals surface area contributed by atoms with Gasteiger partial charge in [0.25, 0.3) is 0 Å². The first-order chi connectivity index (χ1) is 13.2. The molecule has 7 nitrogen and oxygen atoms in total. The van der Waals surface area contributed by atoms with Crippen LogP contribution in [0.2, 0.25) is 0 Å². The Morgan fingerprint density at radius 1 is 1.22 bits per heavy atom. The van der Waals surface area contributed by atoms with E-state index in [2.05, 4.69) is 22.0 Å². The van der Waals surface area contributed by atoms with Crippen molar-refractivity contribution in [2.75, 3.05) is 19.0 Å². The molecule has 2 aromatic carbocycles. The molecule has 0 atom stereocenters. The average molecular weight is 364 g/mol. The summed E-state index contributed by atoms with van der Waals surface area (Å²) in [5.41, 5.74) is 1.51. The summed E-state index contributed by atoms with van der Waals surface area (Å²) in [7, 11) is 1.61. The third-order valence-corrected chi connectivity index (χ3v) is 3.80. The van der Waals surface area contributed by atoms with Gasteiger partial charge in [0.15, 0.2) is 0 Å². The SMILES string of the molecule is C=CCN(Cc1nc(-c2ccc(OC)cc2)no1)C(=O)Nc1ccccc1. The highest BCUT2D eigenvalue weighted by molar-refractivity contribution is 5.89. The molecule has 0 fully saturated rings. The van der Waals surface area contributed by atoms with Crippen molar-refractivity contribution in [2.24, 2.45) is 0 Å². The van der Waals surface area contributed by atoms with Crippen molar-refractivity contribution in [2.45, 2.75) is 6.54 Å². The highest BCUT2D eigenvalue weighted by Gasteiger charge is 2.17. The lowest BCUT2D eigenvalue weighted by Crippen LogP contribution is -2.34. The lowest BCUT2D eigenvalue weighted by atomic mass is 10.2. The number of benzene rings is 2. The number of urea groups is 1. The zero-order valence-electron chi connectivity index (χ0n) is 15.0. The standard InChI is InChI=1S/C20H20N4O3/c1-3-13-24(20(25)21-16-7-5-4-6-8-16)14-18-22-19(23-27-18)15-9-11-17(26-2)12-10-15/h3-12H,1,13-14H2,2H3,(H,21,25). The van der Waals surface area contributed by atoms with E-state index in [1.165, 1.54) is 4.90 Å². The van der Waals surface area contributed by atoms with E-state index >= 15 is 0 Å². The van der Waals surface area contributed by atoms with Gasteiger partial charge in [-0.2, -0.15) is 4.98 Å². The fraction of sp³-hybridized carbons (Fsp3) is 0.150. The molecule has 0 unspecified atom stereocenters. The summed E-state index contributed by atoms with van der Waals surface area (Å²) in [6.07, 6.45) is 1.64. The number of nitrogens with one attached hydrogen (secondary N) is 1. The zero-order valence-corrected chi connectivity index (χ0v) is 15.0. The van der Waals surface area contributed by atoms with E-state index < -0.39 is 0 Å². The maximum absolute atomic E-state index is 12.5. The van der Waals surface area contributed by atoms with Gasteiger partial charge in [0, 0.05) is 17.8 Å². The smallest absolute Gasteiger partial charge is 0.322 e. The number of hydrogen-bond donors (Lipinski definition) is 1. The molecule has 2 amide bonds. The number of para-hydroxylation sites is 1. The normalized spacial score (nSPS) is 10.3. The highest BCUT2D eigenvalue weighted by Crippen LogP contribution is 2.20. The van der Waals surface area contributed by atoms with Crippen LogP contribution in [0.5, 0.6) is 5.75 Å². The van der Waals surface area contributed by atoms with Crippen molar-refractivity contribution >= 4 is 11.7 Å². The Hall–Kier alpha value is -3.61. The molecule has 3 rings (SSSR count). The number of nitrogens with zero attached hydrogens (tertiary/aromatic N) is 3. The first-order valence-electron chi connectivity index (χ1n) is 8.38. The van der Waals surface area contributed by atoms with Crippen molar-refractivity contribution in [3.63, 3.8) is 0 Å². The molecule has 0 aliphatic carbocycles. The Kier molecular flexibility index (Phi) is 5.84. The highest BCUT2D eigenvalue weighted by atomic mass is 16.5. The lowest BCUT2D eigenvalue weighted by molar-refractivity contribution is 0.206. The summed E-state index contributed by atoms with van der Waals surface area (Å²) in [4.78, 5) is 18.4. The third-order valence-electron chi connectivity index (χ3n) is 3.80. The van der Waals surface area contributed by atoms with Gasteiger partial charge >= 0.3 is 6.03 Å². The summed E-state index contributed by atoms with van der Waals surface area (Å²) in [6.45, 7) is 4.22. The van der Waals surface area contributed by atoms with E-state index in [0.717, 1.165) is 11.3 Å². The van der Waals surface area contributed by atoms with Crippen LogP contribution in [0.15, 0.2) is 71.8 Å². The van der Waals surface area contributed by atoms with E-state index in [0.29, 0.717) is 23.9 Å². The van der Waals surface area contributed by atoms with E-state index in [9.17, 15) is 4.79 Å². The number of amides is 2. The summed E-state index contributed by atoms with van der Waals surface area (Å²) in [6, 6.07) is 16.3. The van der Waals surface area contributed by atoms with Crippen LogP contribution in [-0.4, -0.2) is 34.7 Å². The Bertz CT molecular complexity index is 891. The molecule has 0 radical (unpaired) electrons. The van der Waals surface area contributed by atoms with Gasteiger partial charge in [-0.05, 0) is 36.4 Å². The van der Waals surface area contributed by atoms with Gasteiger partial charge in [-0.1, -0.05) is 29.4 Å². The summed E-state index contributed by atoms with van der Waals surface area (Å²) in [5.74, 6) is 1.54. The molecule has 3 aromatic rings. The number of ether oxygens (including phenoxy) is 1. The number of methoxy groups -OCH3 is 1. The Labute approximate surface area is 157 Å². The molecule has 7 heteroatoms. The van der Waals surface area contributed by atoms with Gasteiger partial charge in [-0.3, -0.25) is 0 Å². The number of anilines is 1. The van der Waals surface area contributed by atoms with Crippen LogP contribution < -0.4 is 10.1 Å². The van der Waals surface area contributed by atoms with Crippen molar-refractivity contribution in [3.05, 3.63) is 73.1 Å². The minimum absolute atomic E-state index is 0.174. The fourth-order valence-corrected chi connectivity index (χ4v) is 2.44. The van der Waals surface area contributed by atoms with Crippen LogP contribution in [-0.2, 0) is 6.54 Å². The van der Waals surface area contributed by atoms with E-state index in [1.54, 1.807) is 13.2 Å². The predicted octanol–water partition coefficient (Wildman–Crippen LogP) is 3.97. The number of carbonyl (C=O) groups is 1. The number of aromatic nitrogens is 2. The van der Waals surface area contributed by atoms with Crippen LogP contribution in [0.4, 0.5) is 10.5 Å². The molecule has 0 bridgehead atoms. The van der Waals surface area contributed by atoms with Gasteiger partial charge in [-0.25, -0.2) is 4.79 Å². The van der Waals surface area contributed by atoms with E-state index in [4.69, 9.17) is 9.26 Å². The second-order valence-electron chi connectivity index (χ2n) is 5.71. The number of carbonyl (C=O) groups excluding carboxylic acids is 1. The van der Waals surface area contributed by atoms with Gasteiger partial charge in [-0.15, -0.1) is 6.58 Å². The molecular weight excluding hydrogens is 344 g/mol. The molecule has 1 aromatic heterocycles. The fourth-order valence-electron chi connectivity index (χ4n) is 2.44. The molecule has 27 heavy (non-hydrogen) atoms. The predicted molar refractivity (Wildman–Crippen MR) is 102 cm³/mol. The lowest BCUT2D eigenvalue weighted by Gasteiger charge is -2.19. The van der Waals surface area contributed by atoms with Crippen LogP contribution >= 0.6 is 0 Å². The Morgan fingerprint density at radius 2 is 1.96 bits per heavy atom. The van der Waals surface area contributed by atoms with Crippen LogP contribution in [0.1, 0.15) is 5.89 Å². The largest absolute Gasteiger partial charge is 0.497 e. The molecule has 0 aliphatic rings. The molecule has 0 aliphatic heterocycles. The third kappa shape index (κ3) is 4.72. The van der Waals surface area contributed by atoms with E-state index in [1.807, 2.05) is 54.6 Å². The van der Waals surface area contributed by atoms with Crippen molar-refractivity contribution in [3.8, 4) is 17.1 Å². The van der Waals surface area contributed by atoms with Crippen LogP contribution in [0.25, 0.3) is 11.4 Å². The maximum atomic E-state index is 12.5. The maximum Gasteiger partial charge on any atom is 0.322 e. The van der Waals surface area contributed by atoms with Crippen LogP contribution in [0, 0.1) is 0 Å². The van der Waals surface area contributed by atoms with Crippen molar-refractivity contribution in [1.82, 2.24) is 15.0 Å². The summed E-state index contributed by atoms with van der Waals surface area (Å²) >= 11 is 0. The van der Waals surface area contributed by atoms with Crippen LogP contribution in [0.3, 0.4) is 0 Å². The minimum atomic E-state index is -0.273. The second-order valence-corrected chi connectivity index (χ2v) is 5.71. The Balaban J connectivity index is 1.70. The zero-order chi connectivity index (χ0) is 19.1. The first-order valence-corrected chi connectivity index (χ1v) is 8.38. The minimum Gasteiger partial charge on any atom is -0.497 e. The molecule has 0 saturated heterocycles. The molecule has 138 valence electrons. The molecule has 0 spiro atoms. The summed E-state index contributed by atoms with van der Waals surface area (Å²) < 4.78 is 10.4. The summed E-state index contributed by atoms with van der Waals surface area (Å²) in [5, 5.41) is 6.82. The van der Waals surface area contributed by atoms with Crippen molar-refractivity contribution < 1.29 is 14.1 Å². The molecular formula is C20H20N4O3. The van der Waals surface area contributed by atoms with Gasteiger partial charge < -0.3 is 19.5 Å². The quantitative estimate of drug-likeness (QED) is 0.642. The molecule has 1 N–H and O–H groups in total. The molecule has 1 heterocycles. The van der Waals surface area contributed by atoms with Gasteiger partial charge in [0.1, 0.15) is 12.3 Å². The molecule has 0 saturated carbocycles. The number of rotatable bonds is 7. The van der Waals surface area contributed by atoms with Gasteiger partial charge in [0.05, 0.1) is 7.11 Å². The Morgan fingerprint density at radius 3 is 2.63 bits per heavy atom. The van der Waals surface area contributed by atoms with Gasteiger partial charge in [0.2, 0.25) is 11.7 Å². The monoisotopic (exact) mass is 364 g/mol. The van der Waals surface area contributed by atoms with E-state index in [-0.39, 0.29) is 12.6 Å². The second kappa shape index (κ2) is 8.66. The average Bonchev–Trinajstić information content (AvgIpc) is 3.17.